The second kappa shape index (κ2) is 6.46. The molecule has 1 aliphatic rings. The molecule has 0 saturated carbocycles. The van der Waals surface area contributed by atoms with Crippen LogP contribution < -0.4 is 5.11 Å². The number of halogens is 1. The Morgan fingerprint density at radius 1 is 1.23 bits per heavy atom. The zero-order valence-electron chi connectivity index (χ0n) is 13.7. The lowest BCUT2D eigenvalue weighted by molar-refractivity contribution is -0.398. The highest BCUT2D eigenvalue weighted by molar-refractivity contribution is 6.33. The molecule has 0 amide bonds. The van der Waals surface area contributed by atoms with Crippen LogP contribution in [-0.4, -0.2) is 11.1 Å². The van der Waals surface area contributed by atoms with Gasteiger partial charge in [-0.05, 0) is 37.1 Å². The summed E-state index contributed by atoms with van der Waals surface area (Å²) < 4.78 is 5.82. The maximum absolute atomic E-state index is 12.7. The first kappa shape index (κ1) is 16.6. The van der Waals surface area contributed by atoms with Crippen molar-refractivity contribution in [1.29, 1.82) is 0 Å². The standard InChI is InChI=1S/C19H15ClN2O4/c20-13-6-2-3-7-14(13)21-10-12-18-11-5-1-4-8-16(11)26-17(18)9-15(19(12)23)22(24)25/h2-3,6-7,9-10,23H,1,4-5,8H2/p-1. The van der Waals surface area contributed by atoms with Crippen LogP contribution in [0.2, 0.25) is 5.02 Å². The zero-order valence-corrected chi connectivity index (χ0v) is 14.5. The molecule has 0 bridgehead atoms. The predicted molar refractivity (Wildman–Crippen MR) is 97.7 cm³/mol. The number of nitro benzene ring substituents is 1. The van der Waals surface area contributed by atoms with Crippen molar-refractivity contribution >= 4 is 40.2 Å². The van der Waals surface area contributed by atoms with E-state index in [4.69, 9.17) is 16.0 Å². The van der Waals surface area contributed by atoms with Crippen LogP contribution in [0.5, 0.6) is 5.75 Å². The van der Waals surface area contributed by atoms with Gasteiger partial charge < -0.3 is 9.52 Å². The molecule has 0 saturated heterocycles. The van der Waals surface area contributed by atoms with E-state index in [9.17, 15) is 15.2 Å². The van der Waals surface area contributed by atoms with Crippen LogP contribution in [0.3, 0.4) is 0 Å². The van der Waals surface area contributed by atoms with Gasteiger partial charge in [-0.1, -0.05) is 23.7 Å². The van der Waals surface area contributed by atoms with Gasteiger partial charge in [-0.25, -0.2) is 0 Å². The maximum atomic E-state index is 12.7. The highest BCUT2D eigenvalue weighted by Gasteiger charge is 2.24. The smallest absolute Gasteiger partial charge is 0.266 e. The molecular weight excluding hydrogens is 356 g/mol. The summed E-state index contributed by atoms with van der Waals surface area (Å²) in [5, 5.41) is 25.1. The topological polar surface area (TPSA) is 91.7 Å². The van der Waals surface area contributed by atoms with E-state index < -0.39 is 16.4 Å². The lowest BCUT2D eigenvalue weighted by atomic mass is 9.93. The van der Waals surface area contributed by atoms with Crippen molar-refractivity contribution in [2.75, 3.05) is 0 Å². The monoisotopic (exact) mass is 369 g/mol. The number of furan rings is 1. The first-order valence-corrected chi connectivity index (χ1v) is 8.65. The van der Waals surface area contributed by atoms with E-state index in [1.54, 1.807) is 24.3 Å². The molecule has 7 heteroatoms. The molecule has 0 spiro atoms. The third-order valence-corrected chi connectivity index (χ3v) is 4.91. The highest BCUT2D eigenvalue weighted by Crippen LogP contribution is 2.40. The van der Waals surface area contributed by atoms with Gasteiger partial charge in [-0.3, -0.25) is 15.1 Å². The minimum Gasteiger partial charge on any atom is -0.867 e. The molecule has 132 valence electrons. The number of rotatable bonds is 3. The summed E-state index contributed by atoms with van der Waals surface area (Å²) >= 11 is 6.11. The molecule has 3 aromatic rings. The Morgan fingerprint density at radius 3 is 2.77 bits per heavy atom. The van der Waals surface area contributed by atoms with Crippen molar-refractivity contribution in [2.24, 2.45) is 4.99 Å². The van der Waals surface area contributed by atoms with Gasteiger partial charge in [0.25, 0.3) is 5.69 Å². The fraction of sp³-hybridized carbons (Fsp3) is 0.211. The van der Waals surface area contributed by atoms with E-state index in [0.717, 1.165) is 37.0 Å². The number of nitro groups is 1. The van der Waals surface area contributed by atoms with Crippen LogP contribution in [0.25, 0.3) is 11.0 Å². The number of nitrogens with zero attached hydrogens (tertiary/aromatic N) is 2. The zero-order chi connectivity index (χ0) is 18.3. The fourth-order valence-electron chi connectivity index (χ4n) is 3.37. The highest BCUT2D eigenvalue weighted by atomic mass is 35.5. The third kappa shape index (κ3) is 2.72. The van der Waals surface area contributed by atoms with Crippen LogP contribution in [0.4, 0.5) is 11.4 Å². The molecule has 4 rings (SSSR count). The molecule has 26 heavy (non-hydrogen) atoms. The number of hydrogen-bond donors (Lipinski definition) is 0. The molecule has 0 fully saturated rings. The van der Waals surface area contributed by atoms with E-state index in [2.05, 4.69) is 4.99 Å². The number of aliphatic imine (C=N–C) groups is 1. The van der Waals surface area contributed by atoms with Crippen LogP contribution in [0.15, 0.2) is 39.7 Å². The van der Waals surface area contributed by atoms with E-state index in [-0.39, 0.29) is 5.56 Å². The molecule has 6 nitrogen and oxygen atoms in total. The lowest BCUT2D eigenvalue weighted by Gasteiger charge is -2.14. The Morgan fingerprint density at radius 2 is 2.00 bits per heavy atom. The molecule has 0 atom stereocenters. The molecule has 1 aromatic heterocycles. The van der Waals surface area contributed by atoms with Crippen LogP contribution >= 0.6 is 11.6 Å². The van der Waals surface area contributed by atoms with Gasteiger partial charge in [0.1, 0.15) is 11.3 Å². The second-order valence-corrected chi connectivity index (χ2v) is 6.60. The van der Waals surface area contributed by atoms with Crippen molar-refractivity contribution in [1.82, 2.24) is 0 Å². The summed E-state index contributed by atoms with van der Waals surface area (Å²) in [7, 11) is 0. The number of benzene rings is 2. The molecule has 0 aliphatic heterocycles. The van der Waals surface area contributed by atoms with Crippen molar-refractivity contribution in [3.63, 3.8) is 0 Å². The fourth-order valence-corrected chi connectivity index (χ4v) is 3.56. The van der Waals surface area contributed by atoms with E-state index in [1.165, 1.54) is 12.3 Å². The number of aryl methyl sites for hydroxylation is 2. The van der Waals surface area contributed by atoms with Gasteiger partial charge in [0.15, 0.2) is 0 Å². The lowest BCUT2D eigenvalue weighted by Crippen LogP contribution is -2.04. The summed E-state index contributed by atoms with van der Waals surface area (Å²) in [6.45, 7) is 0. The van der Waals surface area contributed by atoms with E-state index in [1.807, 2.05) is 0 Å². The molecule has 0 unspecified atom stereocenters. The predicted octanol–water partition coefficient (Wildman–Crippen LogP) is 4.70. The van der Waals surface area contributed by atoms with Crippen molar-refractivity contribution < 1.29 is 14.4 Å². The van der Waals surface area contributed by atoms with Gasteiger partial charge in [-0.2, -0.15) is 0 Å². The summed E-state index contributed by atoms with van der Waals surface area (Å²) in [6, 6.07) is 8.18. The summed E-state index contributed by atoms with van der Waals surface area (Å²) in [4.78, 5) is 14.9. The molecule has 0 N–H and O–H groups in total. The second-order valence-electron chi connectivity index (χ2n) is 6.19. The first-order valence-electron chi connectivity index (χ1n) is 8.27. The number of para-hydroxylation sites is 1. The van der Waals surface area contributed by atoms with Crippen LogP contribution in [-0.2, 0) is 12.8 Å². The molecule has 1 heterocycles. The van der Waals surface area contributed by atoms with Gasteiger partial charge >= 0.3 is 0 Å². The third-order valence-electron chi connectivity index (χ3n) is 4.59. The van der Waals surface area contributed by atoms with Crippen LogP contribution in [0.1, 0.15) is 29.7 Å². The largest absolute Gasteiger partial charge is 0.867 e. The average molecular weight is 370 g/mol. The summed E-state index contributed by atoms with van der Waals surface area (Å²) in [6.07, 6.45) is 4.92. The Labute approximate surface area is 153 Å². The van der Waals surface area contributed by atoms with Crippen molar-refractivity contribution in [3.8, 4) is 5.75 Å². The molecule has 0 radical (unpaired) electrons. The first-order chi connectivity index (χ1) is 12.6. The number of fused-ring (bicyclic) bond motifs is 3. The Hall–Kier alpha value is -2.86. The SMILES string of the molecule is O=[N+]([O-])c1cc2oc3c(c2c(C=Nc2ccccc2Cl)c1[O-])CCCC3. The Bertz CT molecular complexity index is 1060. The van der Waals surface area contributed by atoms with Gasteiger partial charge in [0, 0.05) is 29.1 Å². The van der Waals surface area contributed by atoms with Gasteiger partial charge in [-0.15, -0.1) is 0 Å². The molecule has 1 aliphatic carbocycles. The van der Waals surface area contributed by atoms with Crippen LogP contribution in [0, 0.1) is 10.1 Å². The molecule has 2 aromatic carbocycles. The summed E-state index contributed by atoms with van der Waals surface area (Å²) in [5.41, 5.74) is 1.48. The maximum Gasteiger partial charge on any atom is 0.266 e. The Balaban J connectivity index is 1.96. The van der Waals surface area contributed by atoms with Crippen molar-refractivity contribution in [3.05, 3.63) is 62.4 Å². The number of hydrogen-bond acceptors (Lipinski definition) is 5. The quantitative estimate of drug-likeness (QED) is 0.380. The van der Waals surface area contributed by atoms with Gasteiger partial charge in [0.05, 0.1) is 21.7 Å². The average Bonchev–Trinajstić information content (AvgIpc) is 3.00. The normalized spacial score (nSPS) is 14.0. The van der Waals surface area contributed by atoms with Crippen molar-refractivity contribution in [2.45, 2.75) is 25.7 Å². The van der Waals surface area contributed by atoms with E-state index in [0.29, 0.717) is 21.7 Å². The van der Waals surface area contributed by atoms with Gasteiger partial charge in [0.2, 0.25) is 0 Å². The summed E-state index contributed by atoms with van der Waals surface area (Å²) in [5.74, 6) is 0.144. The molecular formula is C19H14ClN2O4-. The minimum atomic E-state index is -0.684. The minimum absolute atomic E-state index is 0.181. The Kier molecular flexibility index (Phi) is 4.12. The van der Waals surface area contributed by atoms with E-state index >= 15 is 0 Å².